The molecule has 4 N–H and O–H groups in total. The molecule has 0 fully saturated rings. The van der Waals surface area contributed by atoms with Gasteiger partial charge in [0, 0.05) is 6.54 Å². The third-order valence-electron chi connectivity index (χ3n) is 1.44. The average Bonchev–Trinajstić information content (AvgIpc) is 1.98. The molecule has 0 aromatic heterocycles. The van der Waals surface area contributed by atoms with Crippen LogP contribution in [0.3, 0.4) is 0 Å². The summed E-state index contributed by atoms with van der Waals surface area (Å²) in [6.07, 6.45) is -1.01. The SMILES string of the molecule is CCN(CCO)C(N)C(=O)O. The molecule has 0 rings (SSSR count). The van der Waals surface area contributed by atoms with Crippen LogP contribution >= 0.6 is 0 Å². The number of carbonyl (C=O) groups is 1. The second-order valence-corrected chi connectivity index (χ2v) is 2.14. The fourth-order valence-electron chi connectivity index (χ4n) is 0.779. The fourth-order valence-corrected chi connectivity index (χ4v) is 0.779. The summed E-state index contributed by atoms with van der Waals surface area (Å²) >= 11 is 0. The van der Waals surface area contributed by atoms with E-state index >= 15 is 0 Å². The zero-order chi connectivity index (χ0) is 8.85. The molecular weight excluding hydrogens is 148 g/mol. The highest BCUT2D eigenvalue weighted by Crippen LogP contribution is 1.91. The molecule has 1 unspecified atom stereocenters. The van der Waals surface area contributed by atoms with Gasteiger partial charge in [-0.05, 0) is 6.54 Å². The molecule has 11 heavy (non-hydrogen) atoms. The van der Waals surface area contributed by atoms with Gasteiger partial charge in [-0.1, -0.05) is 6.92 Å². The lowest BCUT2D eigenvalue weighted by Gasteiger charge is -2.22. The van der Waals surface area contributed by atoms with Crippen LogP contribution in [0.25, 0.3) is 0 Å². The Morgan fingerprint density at radius 2 is 2.27 bits per heavy atom. The number of hydrogen-bond donors (Lipinski definition) is 3. The first-order valence-corrected chi connectivity index (χ1v) is 3.46. The number of nitrogens with zero attached hydrogens (tertiary/aromatic N) is 1. The third-order valence-corrected chi connectivity index (χ3v) is 1.44. The number of aliphatic hydroxyl groups is 1. The lowest BCUT2D eigenvalue weighted by atomic mass is 10.4. The Labute approximate surface area is 65.4 Å². The van der Waals surface area contributed by atoms with E-state index in [2.05, 4.69) is 0 Å². The van der Waals surface area contributed by atoms with Gasteiger partial charge in [-0.3, -0.25) is 4.90 Å². The highest BCUT2D eigenvalue weighted by Gasteiger charge is 2.18. The van der Waals surface area contributed by atoms with Crippen LogP contribution < -0.4 is 5.73 Å². The van der Waals surface area contributed by atoms with Crippen LogP contribution in [-0.4, -0.2) is 46.9 Å². The maximum atomic E-state index is 10.3. The van der Waals surface area contributed by atoms with Gasteiger partial charge in [0.25, 0.3) is 0 Å². The summed E-state index contributed by atoms with van der Waals surface area (Å²) < 4.78 is 0. The summed E-state index contributed by atoms with van der Waals surface area (Å²) in [5.41, 5.74) is 5.27. The summed E-state index contributed by atoms with van der Waals surface area (Å²) in [6.45, 7) is 2.53. The van der Waals surface area contributed by atoms with Gasteiger partial charge in [0.2, 0.25) is 0 Å². The van der Waals surface area contributed by atoms with Crippen molar-refractivity contribution < 1.29 is 15.0 Å². The molecular formula is C6H14N2O3. The molecule has 0 saturated heterocycles. The molecule has 5 nitrogen and oxygen atoms in total. The molecule has 0 saturated carbocycles. The number of nitrogens with two attached hydrogens (primary N) is 1. The monoisotopic (exact) mass is 162 g/mol. The van der Waals surface area contributed by atoms with E-state index in [9.17, 15) is 4.79 Å². The molecule has 0 bridgehead atoms. The second-order valence-electron chi connectivity index (χ2n) is 2.14. The van der Waals surface area contributed by atoms with Gasteiger partial charge in [0.1, 0.15) is 0 Å². The molecule has 66 valence electrons. The summed E-state index contributed by atoms with van der Waals surface area (Å²) in [4.78, 5) is 11.8. The van der Waals surface area contributed by atoms with Crippen molar-refractivity contribution in [3.05, 3.63) is 0 Å². The molecule has 1 atom stereocenters. The van der Waals surface area contributed by atoms with Crippen LogP contribution in [0.1, 0.15) is 6.92 Å². The highest BCUT2D eigenvalue weighted by molar-refractivity contribution is 5.72. The van der Waals surface area contributed by atoms with Crippen molar-refractivity contribution in [2.45, 2.75) is 13.1 Å². The van der Waals surface area contributed by atoms with Crippen molar-refractivity contribution in [3.63, 3.8) is 0 Å². The van der Waals surface area contributed by atoms with E-state index in [0.29, 0.717) is 13.1 Å². The smallest absolute Gasteiger partial charge is 0.335 e. The Morgan fingerprint density at radius 3 is 2.55 bits per heavy atom. The molecule has 0 aromatic carbocycles. The first kappa shape index (κ1) is 10.3. The summed E-state index contributed by atoms with van der Waals surface area (Å²) in [5, 5.41) is 17.0. The number of likely N-dealkylation sites (N-methyl/N-ethyl adjacent to an activating group) is 1. The normalized spacial score (nSPS) is 13.5. The minimum atomic E-state index is -1.07. The van der Waals surface area contributed by atoms with Crippen LogP contribution in [0.15, 0.2) is 0 Å². The second kappa shape index (κ2) is 5.06. The number of aliphatic carboxylic acids is 1. The average molecular weight is 162 g/mol. The molecule has 5 heteroatoms. The van der Waals surface area contributed by atoms with Crippen molar-refractivity contribution in [2.24, 2.45) is 5.73 Å². The van der Waals surface area contributed by atoms with E-state index in [1.807, 2.05) is 0 Å². The molecule has 0 spiro atoms. The van der Waals surface area contributed by atoms with Crippen molar-refractivity contribution in [3.8, 4) is 0 Å². The Bertz CT molecular complexity index is 129. The maximum absolute atomic E-state index is 10.3. The zero-order valence-electron chi connectivity index (χ0n) is 6.53. The third kappa shape index (κ3) is 3.31. The lowest BCUT2D eigenvalue weighted by Crippen LogP contribution is -2.48. The molecule has 0 aliphatic carbocycles. The molecule has 0 aliphatic heterocycles. The van der Waals surface area contributed by atoms with Crippen molar-refractivity contribution in [2.75, 3.05) is 19.7 Å². The standard InChI is InChI=1S/C6H14N2O3/c1-2-8(3-4-9)5(7)6(10)11/h5,9H,2-4,7H2,1H3,(H,10,11). The van der Waals surface area contributed by atoms with Crippen LogP contribution in [0, 0.1) is 0 Å². The first-order valence-electron chi connectivity index (χ1n) is 3.46. The zero-order valence-corrected chi connectivity index (χ0v) is 6.53. The summed E-state index contributed by atoms with van der Waals surface area (Å²) in [6, 6.07) is 0. The van der Waals surface area contributed by atoms with E-state index in [4.69, 9.17) is 15.9 Å². The minimum absolute atomic E-state index is 0.0746. The van der Waals surface area contributed by atoms with Gasteiger partial charge in [0.15, 0.2) is 6.17 Å². The number of hydrogen-bond acceptors (Lipinski definition) is 4. The Balaban J connectivity index is 3.91. The fraction of sp³-hybridized carbons (Fsp3) is 0.833. The molecule has 0 radical (unpaired) electrons. The highest BCUT2D eigenvalue weighted by atomic mass is 16.4. The van der Waals surface area contributed by atoms with E-state index < -0.39 is 12.1 Å². The van der Waals surface area contributed by atoms with Gasteiger partial charge in [-0.2, -0.15) is 0 Å². The molecule has 0 aromatic rings. The number of aliphatic hydroxyl groups excluding tert-OH is 1. The summed E-state index contributed by atoms with van der Waals surface area (Å²) in [5.74, 6) is -1.07. The van der Waals surface area contributed by atoms with Crippen molar-refractivity contribution in [1.29, 1.82) is 0 Å². The maximum Gasteiger partial charge on any atom is 0.335 e. The van der Waals surface area contributed by atoms with Gasteiger partial charge >= 0.3 is 5.97 Å². The van der Waals surface area contributed by atoms with E-state index in [1.54, 1.807) is 6.92 Å². The van der Waals surface area contributed by atoms with Gasteiger partial charge < -0.3 is 15.9 Å². The summed E-state index contributed by atoms with van der Waals surface area (Å²) in [7, 11) is 0. The minimum Gasteiger partial charge on any atom is -0.479 e. The van der Waals surface area contributed by atoms with Crippen molar-refractivity contribution in [1.82, 2.24) is 4.90 Å². The largest absolute Gasteiger partial charge is 0.479 e. The van der Waals surface area contributed by atoms with Crippen LogP contribution in [0.4, 0.5) is 0 Å². The van der Waals surface area contributed by atoms with E-state index in [1.165, 1.54) is 4.90 Å². The number of rotatable bonds is 5. The molecule has 0 heterocycles. The van der Waals surface area contributed by atoms with Crippen molar-refractivity contribution >= 4 is 5.97 Å². The number of carboxylic acids is 1. The predicted octanol–water partition coefficient (Wildman–Crippen LogP) is -1.33. The Kier molecular flexibility index (Phi) is 4.76. The first-order chi connectivity index (χ1) is 5.13. The van der Waals surface area contributed by atoms with Crippen LogP contribution in [0.2, 0.25) is 0 Å². The Morgan fingerprint density at radius 1 is 1.73 bits per heavy atom. The van der Waals surface area contributed by atoms with Gasteiger partial charge in [0.05, 0.1) is 6.61 Å². The topological polar surface area (TPSA) is 86.8 Å². The quantitative estimate of drug-likeness (QED) is 0.436. The lowest BCUT2D eigenvalue weighted by molar-refractivity contribution is -0.143. The Hall–Kier alpha value is -0.650. The van der Waals surface area contributed by atoms with Gasteiger partial charge in [-0.15, -0.1) is 0 Å². The van der Waals surface area contributed by atoms with Crippen LogP contribution in [0.5, 0.6) is 0 Å². The van der Waals surface area contributed by atoms with Gasteiger partial charge in [-0.25, -0.2) is 4.79 Å². The predicted molar refractivity (Wildman–Crippen MR) is 39.9 cm³/mol. The van der Waals surface area contributed by atoms with E-state index in [0.717, 1.165) is 0 Å². The molecule has 0 amide bonds. The van der Waals surface area contributed by atoms with E-state index in [-0.39, 0.29) is 6.61 Å². The van der Waals surface area contributed by atoms with Crippen LogP contribution in [-0.2, 0) is 4.79 Å². The molecule has 0 aliphatic rings. The number of carboxylic acid groups (broad SMARTS) is 1.